The Balaban J connectivity index is 1.51. The molecular weight excluding hydrogens is 376 g/mol. The fourth-order valence-electron chi connectivity index (χ4n) is 5.62. The summed E-state index contributed by atoms with van der Waals surface area (Å²) in [4.78, 5) is 0. The van der Waals surface area contributed by atoms with Crippen LogP contribution in [0.4, 0.5) is 0 Å². The predicted octanol–water partition coefficient (Wildman–Crippen LogP) is 4.72. The third kappa shape index (κ3) is 2.82. The van der Waals surface area contributed by atoms with Crippen molar-refractivity contribution in [1.82, 2.24) is 0 Å². The number of fused-ring (bicyclic) bond motifs is 4. The first-order chi connectivity index (χ1) is 14.1. The third-order valence-corrected chi connectivity index (χ3v) is 6.88. The zero-order valence-corrected chi connectivity index (χ0v) is 18.6. The van der Waals surface area contributed by atoms with E-state index in [0.29, 0.717) is 0 Å². The van der Waals surface area contributed by atoms with E-state index < -0.39 is 22.4 Å². The topological polar surface area (TPSA) is 36.9 Å². The molecule has 4 heterocycles. The van der Waals surface area contributed by atoms with Crippen molar-refractivity contribution in [3.63, 3.8) is 0 Å². The Morgan fingerprint density at radius 3 is 1.33 bits per heavy atom. The summed E-state index contributed by atoms with van der Waals surface area (Å²) in [5.74, 6) is 0. The number of hydrogen-bond donors (Lipinski definition) is 0. The van der Waals surface area contributed by atoms with Crippen molar-refractivity contribution in [3.8, 4) is 0 Å². The molecule has 0 saturated heterocycles. The van der Waals surface area contributed by atoms with E-state index in [1.807, 2.05) is 0 Å². The molecule has 0 amide bonds. The maximum atomic E-state index is 6.27. The molecule has 4 bridgehead atoms. The molecule has 0 aromatic heterocycles. The molecule has 6 unspecified atom stereocenters. The molecule has 4 aliphatic rings. The van der Waals surface area contributed by atoms with Crippen LogP contribution >= 0.6 is 0 Å². The molecule has 0 aliphatic carbocycles. The molecule has 4 nitrogen and oxygen atoms in total. The van der Waals surface area contributed by atoms with Crippen LogP contribution in [0, 0.1) is 0 Å². The normalized spacial score (nSPS) is 43.7. The molecule has 30 heavy (non-hydrogen) atoms. The minimum absolute atomic E-state index is 0.151. The summed E-state index contributed by atoms with van der Waals surface area (Å²) in [6.07, 6.45) is 12.6. The Kier molecular flexibility index (Phi) is 4.17. The van der Waals surface area contributed by atoms with Gasteiger partial charge in [0.2, 0.25) is 0 Å². The highest BCUT2D eigenvalue weighted by molar-refractivity contribution is 5.78. The first-order valence-corrected chi connectivity index (χ1v) is 10.6. The van der Waals surface area contributed by atoms with Gasteiger partial charge in [0.05, 0.1) is 0 Å². The number of rotatable bonds is 4. The lowest BCUT2D eigenvalue weighted by Gasteiger charge is -2.42. The van der Waals surface area contributed by atoms with Gasteiger partial charge in [-0.05, 0) is 62.1 Å². The summed E-state index contributed by atoms with van der Waals surface area (Å²) in [6, 6.07) is 8.70. The quantitative estimate of drug-likeness (QED) is 0.678. The van der Waals surface area contributed by atoms with Gasteiger partial charge >= 0.3 is 0 Å². The van der Waals surface area contributed by atoms with Crippen LogP contribution in [0.3, 0.4) is 0 Å². The standard InChI is InChI=1S/C26H30O4/c1-23-11-13-25(3,29-23)21(27-5)19(15-23)17-7-9-18(10-8-17)20-16-24(2)12-14-26(4,30-24)22(20)28-6/h7-16,21-22H,1-6H3. The summed E-state index contributed by atoms with van der Waals surface area (Å²) in [5, 5.41) is 0. The van der Waals surface area contributed by atoms with Crippen LogP contribution in [0.5, 0.6) is 0 Å². The lowest BCUT2D eigenvalue weighted by molar-refractivity contribution is -0.111. The second kappa shape index (κ2) is 6.27. The van der Waals surface area contributed by atoms with E-state index in [2.05, 4.69) is 88.4 Å². The van der Waals surface area contributed by atoms with E-state index in [1.54, 1.807) is 14.2 Å². The number of ether oxygens (including phenoxy) is 4. The van der Waals surface area contributed by atoms with Crippen molar-refractivity contribution in [2.45, 2.75) is 62.3 Å². The van der Waals surface area contributed by atoms with Gasteiger partial charge in [0.1, 0.15) is 34.6 Å². The van der Waals surface area contributed by atoms with E-state index in [9.17, 15) is 0 Å². The zero-order valence-electron chi connectivity index (χ0n) is 18.6. The van der Waals surface area contributed by atoms with E-state index in [1.165, 1.54) is 0 Å². The van der Waals surface area contributed by atoms with Crippen LogP contribution in [0.2, 0.25) is 0 Å². The monoisotopic (exact) mass is 406 g/mol. The first-order valence-electron chi connectivity index (χ1n) is 10.6. The zero-order chi connectivity index (χ0) is 21.4. The summed E-state index contributed by atoms with van der Waals surface area (Å²) in [6.45, 7) is 8.36. The molecule has 4 heteroatoms. The van der Waals surface area contributed by atoms with Crippen LogP contribution in [0.15, 0.2) is 60.7 Å². The highest BCUT2D eigenvalue weighted by Crippen LogP contribution is 2.48. The van der Waals surface area contributed by atoms with Gasteiger partial charge in [-0.3, -0.25) is 0 Å². The summed E-state index contributed by atoms with van der Waals surface area (Å²) < 4.78 is 24.3. The highest BCUT2D eigenvalue weighted by atomic mass is 16.6. The summed E-state index contributed by atoms with van der Waals surface area (Å²) >= 11 is 0. The lowest BCUT2D eigenvalue weighted by atomic mass is 9.83. The van der Waals surface area contributed by atoms with Gasteiger partial charge in [-0.15, -0.1) is 0 Å². The Labute approximate surface area is 178 Å². The summed E-state index contributed by atoms with van der Waals surface area (Å²) in [5.41, 5.74) is 2.93. The van der Waals surface area contributed by atoms with Crippen molar-refractivity contribution in [3.05, 3.63) is 71.8 Å². The summed E-state index contributed by atoms with van der Waals surface area (Å²) in [7, 11) is 3.49. The Morgan fingerprint density at radius 2 is 1.00 bits per heavy atom. The third-order valence-electron chi connectivity index (χ3n) is 6.88. The van der Waals surface area contributed by atoms with Gasteiger partial charge in [0.15, 0.2) is 0 Å². The van der Waals surface area contributed by atoms with Gasteiger partial charge in [-0.2, -0.15) is 0 Å². The van der Waals surface area contributed by atoms with Crippen LogP contribution in [0.25, 0.3) is 11.1 Å². The van der Waals surface area contributed by atoms with E-state index in [0.717, 1.165) is 22.3 Å². The SMILES string of the molecule is COC1C(c2ccc(C3=CC4(C)C=CC(C)(O4)C3OC)cc2)=CC2(C)C=CC1(C)O2. The molecule has 4 aliphatic heterocycles. The van der Waals surface area contributed by atoms with Crippen molar-refractivity contribution in [2.24, 2.45) is 0 Å². The van der Waals surface area contributed by atoms with Crippen molar-refractivity contribution < 1.29 is 18.9 Å². The van der Waals surface area contributed by atoms with Crippen LogP contribution in [0.1, 0.15) is 38.8 Å². The van der Waals surface area contributed by atoms with Gasteiger partial charge in [-0.1, -0.05) is 48.6 Å². The second-order valence-corrected chi connectivity index (χ2v) is 9.61. The average molecular weight is 407 g/mol. The van der Waals surface area contributed by atoms with Crippen molar-refractivity contribution >= 4 is 11.1 Å². The minimum Gasteiger partial charge on any atom is -0.373 e. The number of hydrogen-bond acceptors (Lipinski definition) is 4. The fraction of sp³-hybridized carbons (Fsp3) is 0.462. The van der Waals surface area contributed by atoms with Crippen molar-refractivity contribution in [2.75, 3.05) is 14.2 Å². The Morgan fingerprint density at radius 1 is 0.633 bits per heavy atom. The molecule has 5 rings (SSSR count). The molecule has 1 aromatic carbocycles. The largest absolute Gasteiger partial charge is 0.373 e. The van der Waals surface area contributed by atoms with Crippen molar-refractivity contribution in [1.29, 1.82) is 0 Å². The molecule has 0 saturated carbocycles. The fourth-order valence-corrected chi connectivity index (χ4v) is 5.62. The minimum atomic E-state index is -0.454. The predicted molar refractivity (Wildman–Crippen MR) is 118 cm³/mol. The highest BCUT2D eigenvalue weighted by Gasteiger charge is 2.51. The van der Waals surface area contributed by atoms with Gasteiger partial charge in [0.25, 0.3) is 0 Å². The molecule has 6 atom stereocenters. The Bertz CT molecular complexity index is 921. The average Bonchev–Trinajstić information content (AvgIpc) is 3.11. The molecule has 0 radical (unpaired) electrons. The first kappa shape index (κ1) is 20.0. The maximum Gasteiger partial charge on any atom is 0.115 e. The molecular formula is C26H30O4. The molecule has 0 fully saturated rings. The van der Waals surface area contributed by atoms with Gasteiger partial charge in [-0.25, -0.2) is 0 Å². The van der Waals surface area contributed by atoms with Gasteiger partial charge in [0, 0.05) is 14.2 Å². The van der Waals surface area contributed by atoms with Crippen LogP contribution in [-0.2, 0) is 18.9 Å². The van der Waals surface area contributed by atoms with Crippen LogP contribution < -0.4 is 0 Å². The second-order valence-electron chi connectivity index (χ2n) is 9.61. The number of benzene rings is 1. The Hall–Kier alpha value is -1.98. The molecule has 158 valence electrons. The smallest absolute Gasteiger partial charge is 0.115 e. The molecule has 0 spiro atoms. The maximum absolute atomic E-state index is 6.27. The van der Waals surface area contributed by atoms with E-state index in [-0.39, 0.29) is 12.2 Å². The molecule has 0 N–H and O–H groups in total. The molecule has 1 aromatic rings. The number of methoxy groups -OCH3 is 2. The lowest BCUT2D eigenvalue weighted by Crippen LogP contribution is -2.47. The van der Waals surface area contributed by atoms with Crippen LogP contribution in [-0.4, -0.2) is 48.8 Å². The van der Waals surface area contributed by atoms with E-state index >= 15 is 0 Å². The van der Waals surface area contributed by atoms with E-state index in [4.69, 9.17) is 18.9 Å². The van der Waals surface area contributed by atoms with Gasteiger partial charge < -0.3 is 18.9 Å².